The predicted molar refractivity (Wildman–Crippen MR) is 126 cm³/mol. The van der Waals surface area contributed by atoms with E-state index in [1.807, 2.05) is 18.8 Å². The quantitative estimate of drug-likeness (QED) is 0.450. The number of carbonyl (C=O) groups is 1. The molecular formula is C24H23F5N6O2. The second kappa shape index (κ2) is 9.88. The van der Waals surface area contributed by atoms with Gasteiger partial charge in [-0.3, -0.25) is 9.59 Å². The minimum Gasteiger partial charge on any atom is -0.367 e. The molecule has 0 unspecified atom stereocenters. The minimum atomic E-state index is -5.03. The lowest BCUT2D eigenvalue weighted by Crippen LogP contribution is -2.54. The average molecular weight is 522 g/mol. The van der Waals surface area contributed by atoms with E-state index in [4.69, 9.17) is 0 Å². The molecule has 196 valence electrons. The van der Waals surface area contributed by atoms with Crippen LogP contribution in [0.5, 0.6) is 0 Å². The van der Waals surface area contributed by atoms with E-state index in [0.717, 1.165) is 6.07 Å². The molecule has 1 saturated heterocycles. The lowest BCUT2D eigenvalue weighted by atomic mass is 10.0. The number of benzene rings is 1. The minimum absolute atomic E-state index is 0.0234. The molecule has 0 saturated carbocycles. The van der Waals surface area contributed by atoms with E-state index in [-0.39, 0.29) is 29.4 Å². The van der Waals surface area contributed by atoms with Gasteiger partial charge in [0.05, 0.1) is 22.4 Å². The van der Waals surface area contributed by atoms with Crippen LogP contribution in [0.4, 0.5) is 33.3 Å². The van der Waals surface area contributed by atoms with E-state index in [1.165, 1.54) is 12.4 Å². The molecule has 2 aromatic heterocycles. The Balaban J connectivity index is 1.87. The number of alkyl halides is 3. The number of aryl methyl sites for hydroxylation is 1. The topological polar surface area (TPSA) is 103 Å². The summed E-state index contributed by atoms with van der Waals surface area (Å²) in [5.41, 5.74) is -4.61. The molecule has 4 rings (SSSR count). The van der Waals surface area contributed by atoms with Gasteiger partial charge in [0.25, 0.3) is 5.91 Å². The standard InChI is InChI=1S/C24H23F5N6O2/c1-11-9-35(10-12(2)33-11)18-5-17(25)20(14-6-30-13(3)31-7-14)21(26)22(18)34-23(37)15-8-32-19(36)4-16(15)24(27,28)29/h4-8,11-12,33H,9-10H2,1-3H3,(H,32,36)(H,34,37)/t11-,12+. The first-order valence-electron chi connectivity index (χ1n) is 11.3. The summed E-state index contributed by atoms with van der Waals surface area (Å²) in [5, 5.41) is 5.47. The molecule has 1 aliphatic heterocycles. The van der Waals surface area contributed by atoms with Crippen molar-refractivity contribution < 1.29 is 26.7 Å². The van der Waals surface area contributed by atoms with Gasteiger partial charge in [-0.25, -0.2) is 18.7 Å². The Morgan fingerprint density at radius 1 is 1.11 bits per heavy atom. The number of aromatic amines is 1. The summed E-state index contributed by atoms with van der Waals surface area (Å²) in [6, 6.07) is 1.10. The highest BCUT2D eigenvalue weighted by molar-refractivity contribution is 6.07. The fraction of sp³-hybridized carbons (Fsp3) is 0.333. The number of nitrogens with one attached hydrogen (secondary N) is 3. The normalized spacial score (nSPS) is 18.1. The molecule has 37 heavy (non-hydrogen) atoms. The SMILES string of the molecule is Cc1ncc(-c2c(F)cc(N3C[C@@H](C)N[C@@H](C)C3)c(NC(=O)c3c[nH]c(=O)cc3C(F)(F)F)c2F)cn1. The monoisotopic (exact) mass is 522 g/mol. The number of amides is 1. The molecule has 1 aromatic carbocycles. The van der Waals surface area contributed by atoms with Crippen molar-refractivity contribution >= 4 is 17.3 Å². The van der Waals surface area contributed by atoms with Crippen LogP contribution in [0.3, 0.4) is 0 Å². The lowest BCUT2D eigenvalue weighted by molar-refractivity contribution is -0.138. The van der Waals surface area contributed by atoms with Crippen molar-refractivity contribution in [2.75, 3.05) is 23.3 Å². The van der Waals surface area contributed by atoms with E-state index in [1.54, 1.807) is 11.8 Å². The summed E-state index contributed by atoms with van der Waals surface area (Å²) >= 11 is 0. The number of hydrogen-bond acceptors (Lipinski definition) is 6. The molecule has 8 nitrogen and oxygen atoms in total. The molecule has 3 aromatic rings. The lowest BCUT2D eigenvalue weighted by Gasteiger charge is -2.38. The fourth-order valence-corrected chi connectivity index (χ4v) is 4.36. The zero-order chi connectivity index (χ0) is 27.1. The van der Waals surface area contributed by atoms with Crippen LogP contribution in [0.25, 0.3) is 11.1 Å². The highest BCUT2D eigenvalue weighted by atomic mass is 19.4. The zero-order valence-corrected chi connectivity index (χ0v) is 20.0. The molecule has 0 radical (unpaired) electrons. The molecule has 0 spiro atoms. The summed E-state index contributed by atoms with van der Waals surface area (Å²) < 4.78 is 71.9. The number of hydrogen-bond donors (Lipinski definition) is 3. The Labute approximate surface area is 207 Å². The maximum atomic E-state index is 16.0. The number of aromatic nitrogens is 3. The summed E-state index contributed by atoms with van der Waals surface area (Å²) in [7, 11) is 0. The van der Waals surface area contributed by atoms with Crippen molar-refractivity contribution in [2.24, 2.45) is 0 Å². The van der Waals surface area contributed by atoms with Crippen LogP contribution in [-0.4, -0.2) is 46.0 Å². The number of nitrogens with zero attached hydrogens (tertiary/aromatic N) is 3. The summed E-state index contributed by atoms with van der Waals surface area (Å²) in [4.78, 5) is 36.1. The van der Waals surface area contributed by atoms with Crippen LogP contribution in [0, 0.1) is 18.6 Å². The first-order chi connectivity index (χ1) is 17.3. The zero-order valence-electron chi connectivity index (χ0n) is 20.0. The molecular weight excluding hydrogens is 499 g/mol. The Hall–Kier alpha value is -3.87. The van der Waals surface area contributed by atoms with Gasteiger partial charge in [-0.15, -0.1) is 0 Å². The third kappa shape index (κ3) is 5.45. The van der Waals surface area contributed by atoms with Gasteiger partial charge in [-0.05, 0) is 20.8 Å². The molecule has 3 heterocycles. The number of carbonyl (C=O) groups excluding carboxylic acids is 1. The second-order valence-electron chi connectivity index (χ2n) is 8.91. The Kier molecular flexibility index (Phi) is 7.00. The van der Waals surface area contributed by atoms with Crippen LogP contribution in [-0.2, 0) is 6.18 Å². The van der Waals surface area contributed by atoms with Crippen LogP contribution < -0.4 is 21.1 Å². The molecule has 0 aliphatic carbocycles. The molecule has 0 bridgehead atoms. The van der Waals surface area contributed by atoms with Gasteiger partial charge < -0.3 is 20.5 Å². The fourth-order valence-electron chi connectivity index (χ4n) is 4.36. The van der Waals surface area contributed by atoms with Gasteiger partial charge in [-0.1, -0.05) is 0 Å². The van der Waals surface area contributed by atoms with E-state index in [9.17, 15) is 22.8 Å². The van der Waals surface area contributed by atoms with Crippen molar-refractivity contribution in [3.8, 4) is 11.1 Å². The van der Waals surface area contributed by atoms with Crippen molar-refractivity contribution in [3.63, 3.8) is 0 Å². The van der Waals surface area contributed by atoms with Gasteiger partial charge in [-0.2, -0.15) is 13.2 Å². The van der Waals surface area contributed by atoms with Crippen molar-refractivity contribution in [1.29, 1.82) is 0 Å². The summed E-state index contributed by atoms with van der Waals surface area (Å²) in [6.45, 7) is 5.93. The van der Waals surface area contributed by atoms with E-state index in [2.05, 4.69) is 20.6 Å². The van der Waals surface area contributed by atoms with Crippen LogP contribution in [0.1, 0.15) is 35.6 Å². The molecule has 3 N–H and O–H groups in total. The number of pyridine rings is 1. The number of rotatable bonds is 4. The molecule has 2 atom stereocenters. The summed E-state index contributed by atoms with van der Waals surface area (Å²) in [5.74, 6) is -3.14. The molecule has 13 heteroatoms. The van der Waals surface area contributed by atoms with Gasteiger partial charge in [0.1, 0.15) is 17.3 Å². The number of piperazine rings is 1. The Morgan fingerprint density at radius 2 is 1.73 bits per heavy atom. The van der Waals surface area contributed by atoms with E-state index < -0.39 is 51.7 Å². The Morgan fingerprint density at radius 3 is 2.32 bits per heavy atom. The van der Waals surface area contributed by atoms with Crippen molar-refractivity contribution in [2.45, 2.75) is 39.0 Å². The van der Waals surface area contributed by atoms with Crippen LogP contribution in [0.15, 0.2) is 35.5 Å². The van der Waals surface area contributed by atoms with E-state index in [0.29, 0.717) is 25.1 Å². The number of halogens is 5. The summed E-state index contributed by atoms with van der Waals surface area (Å²) in [6.07, 6.45) is -2.02. The van der Waals surface area contributed by atoms with Crippen molar-refractivity contribution in [3.05, 3.63) is 69.7 Å². The second-order valence-corrected chi connectivity index (χ2v) is 8.91. The molecule has 1 amide bonds. The first-order valence-corrected chi connectivity index (χ1v) is 11.3. The maximum absolute atomic E-state index is 16.0. The smallest absolute Gasteiger partial charge is 0.367 e. The molecule has 1 fully saturated rings. The average Bonchev–Trinajstić information content (AvgIpc) is 2.80. The highest BCUT2D eigenvalue weighted by Crippen LogP contribution is 2.39. The van der Waals surface area contributed by atoms with E-state index >= 15 is 8.78 Å². The molecule has 1 aliphatic rings. The van der Waals surface area contributed by atoms with Gasteiger partial charge in [0, 0.05) is 61.5 Å². The highest BCUT2D eigenvalue weighted by Gasteiger charge is 2.37. The largest absolute Gasteiger partial charge is 0.417 e. The van der Waals surface area contributed by atoms with Crippen LogP contribution in [0.2, 0.25) is 0 Å². The van der Waals surface area contributed by atoms with Crippen molar-refractivity contribution in [1.82, 2.24) is 20.3 Å². The third-order valence-electron chi connectivity index (χ3n) is 5.88. The third-order valence-corrected chi connectivity index (χ3v) is 5.88. The van der Waals surface area contributed by atoms with Gasteiger partial charge in [0.2, 0.25) is 5.56 Å². The Bertz CT molecular complexity index is 1380. The van der Waals surface area contributed by atoms with Crippen LogP contribution >= 0.6 is 0 Å². The van der Waals surface area contributed by atoms with Gasteiger partial charge in [0.15, 0.2) is 5.82 Å². The predicted octanol–water partition coefficient (Wildman–Crippen LogP) is 3.88. The number of anilines is 2. The first kappa shape index (κ1) is 26.2. The maximum Gasteiger partial charge on any atom is 0.417 e. The van der Waals surface area contributed by atoms with Gasteiger partial charge >= 0.3 is 6.18 Å². The number of H-pyrrole nitrogens is 1.